The smallest absolute Gasteiger partial charge is 0.188 e. The van der Waals surface area contributed by atoms with Crippen molar-refractivity contribution < 1.29 is 0 Å². The molecule has 1 heterocycles. The number of aliphatic imine (C=N–C) groups is 1. The Morgan fingerprint density at radius 3 is 2.57 bits per heavy atom. The van der Waals surface area contributed by atoms with Gasteiger partial charge in [-0.3, -0.25) is 9.89 Å². The average Bonchev–Trinajstić information content (AvgIpc) is 2.97. The lowest BCUT2D eigenvalue weighted by atomic mass is 9.95. The van der Waals surface area contributed by atoms with Crippen molar-refractivity contribution in [2.75, 3.05) is 37.7 Å². The van der Waals surface area contributed by atoms with E-state index in [9.17, 15) is 0 Å². The molecule has 1 saturated carbocycles. The van der Waals surface area contributed by atoms with Crippen LogP contribution in [0.3, 0.4) is 0 Å². The summed E-state index contributed by atoms with van der Waals surface area (Å²) in [5, 5.41) is 3.23. The van der Waals surface area contributed by atoms with Gasteiger partial charge < -0.3 is 11.1 Å². The number of thioether (sulfide) groups is 1. The molecule has 0 unspecified atom stereocenters. The van der Waals surface area contributed by atoms with E-state index in [0.29, 0.717) is 11.5 Å². The molecule has 1 aliphatic carbocycles. The first-order valence-corrected chi connectivity index (χ1v) is 9.29. The lowest BCUT2D eigenvalue weighted by Crippen LogP contribution is -2.53. The van der Waals surface area contributed by atoms with E-state index >= 15 is 0 Å². The lowest BCUT2D eigenvalue weighted by Gasteiger charge is -2.42. The molecule has 6 heteroatoms. The van der Waals surface area contributed by atoms with Crippen molar-refractivity contribution in [2.45, 2.75) is 51.0 Å². The van der Waals surface area contributed by atoms with Crippen LogP contribution in [0.15, 0.2) is 4.99 Å². The number of guanidine groups is 1. The van der Waals surface area contributed by atoms with E-state index in [1.165, 1.54) is 56.7 Å². The van der Waals surface area contributed by atoms with Crippen molar-refractivity contribution in [1.29, 1.82) is 0 Å². The van der Waals surface area contributed by atoms with Crippen LogP contribution in [-0.4, -0.2) is 54.1 Å². The zero-order valence-corrected chi connectivity index (χ0v) is 16.4. The van der Waals surface area contributed by atoms with E-state index in [4.69, 9.17) is 5.73 Å². The van der Waals surface area contributed by atoms with Crippen LogP contribution in [0.25, 0.3) is 0 Å². The minimum atomic E-state index is 0. The third-order valence-electron chi connectivity index (χ3n) is 4.60. The summed E-state index contributed by atoms with van der Waals surface area (Å²) in [6.45, 7) is 6.46. The quantitative estimate of drug-likeness (QED) is 0.297. The highest BCUT2D eigenvalue weighted by molar-refractivity contribution is 14.0. The Balaban J connectivity index is 0.00000220. The summed E-state index contributed by atoms with van der Waals surface area (Å²) in [6, 6.07) is 0. The first-order chi connectivity index (χ1) is 9.77. The van der Waals surface area contributed by atoms with E-state index < -0.39 is 0 Å². The molecule has 1 saturated heterocycles. The number of nitrogens with zero attached hydrogens (tertiary/aromatic N) is 2. The van der Waals surface area contributed by atoms with Crippen LogP contribution >= 0.6 is 35.7 Å². The predicted octanol–water partition coefficient (Wildman–Crippen LogP) is 2.67. The molecule has 0 bridgehead atoms. The first kappa shape index (κ1) is 19.4. The van der Waals surface area contributed by atoms with Gasteiger partial charge in [0.05, 0.1) is 6.54 Å². The van der Waals surface area contributed by atoms with Crippen LogP contribution in [0.2, 0.25) is 0 Å². The van der Waals surface area contributed by atoms with Gasteiger partial charge in [0.2, 0.25) is 0 Å². The normalized spacial score (nSPS) is 22.8. The number of nitrogens with one attached hydrogen (secondary N) is 1. The van der Waals surface area contributed by atoms with Crippen LogP contribution < -0.4 is 11.1 Å². The Morgan fingerprint density at radius 1 is 1.29 bits per heavy atom. The Hall–Kier alpha value is 0.310. The van der Waals surface area contributed by atoms with Crippen molar-refractivity contribution in [2.24, 2.45) is 10.7 Å². The highest BCUT2D eigenvalue weighted by atomic mass is 127. The van der Waals surface area contributed by atoms with Gasteiger partial charge in [0.15, 0.2) is 5.96 Å². The molecule has 1 aliphatic heterocycles. The summed E-state index contributed by atoms with van der Waals surface area (Å²) in [7, 11) is 0. The number of nitrogens with two attached hydrogens (primary N) is 1. The van der Waals surface area contributed by atoms with E-state index in [-0.39, 0.29) is 24.0 Å². The second-order valence-corrected chi connectivity index (χ2v) is 7.24. The van der Waals surface area contributed by atoms with Crippen molar-refractivity contribution >= 4 is 41.7 Å². The molecule has 2 rings (SSSR count). The molecule has 0 aromatic rings. The summed E-state index contributed by atoms with van der Waals surface area (Å²) >= 11 is 2.08. The fourth-order valence-corrected chi connectivity index (χ4v) is 4.23. The van der Waals surface area contributed by atoms with Crippen LogP contribution in [0.5, 0.6) is 0 Å². The number of rotatable bonds is 6. The third-order valence-corrected chi connectivity index (χ3v) is 5.54. The van der Waals surface area contributed by atoms with Gasteiger partial charge in [0.1, 0.15) is 0 Å². The summed E-state index contributed by atoms with van der Waals surface area (Å²) in [6.07, 6.45) is 7.64. The number of unbranched alkanes of at least 4 members (excludes halogenated alkanes) is 1. The SMILES string of the molecule is CCCCNC(N)=NCC1(N2CCSCC2)CCCC1.I. The predicted molar refractivity (Wildman–Crippen MR) is 105 cm³/mol. The Labute approximate surface area is 151 Å². The van der Waals surface area contributed by atoms with E-state index in [1.807, 2.05) is 0 Å². The van der Waals surface area contributed by atoms with Gasteiger partial charge in [-0.1, -0.05) is 26.2 Å². The third kappa shape index (κ3) is 5.78. The van der Waals surface area contributed by atoms with Crippen molar-refractivity contribution in [1.82, 2.24) is 10.2 Å². The average molecular weight is 426 g/mol. The molecule has 0 radical (unpaired) electrons. The summed E-state index contributed by atoms with van der Waals surface area (Å²) < 4.78 is 0. The molecule has 0 aromatic carbocycles. The largest absolute Gasteiger partial charge is 0.370 e. The Morgan fingerprint density at radius 2 is 1.95 bits per heavy atom. The molecule has 0 amide bonds. The standard InChI is InChI=1S/C15H30N4S.HI/c1-2-3-8-17-14(16)18-13-15(6-4-5-7-15)19-9-11-20-12-10-19;/h2-13H2,1H3,(H3,16,17,18);1H. The summed E-state index contributed by atoms with van der Waals surface area (Å²) in [5.74, 6) is 3.18. The topological polar surface area (TPSA) is 53.6 Å². The molecule has 3 N–H and O–H groups in total. The minimum absolute atomic E-state index is 0. The van der Waals surface area contributed by atoms with Crippen LogP contribution in [-0.2, 0) is 0 Å². The number of halogens is 1. The highest BCUT2D eigenvalue weighted by Gasteiger charge is 2.39. The van der Waals surface area contributed by atoms with Crippen LogP contribution in [0.4, 0.5) is 0 Å². The van der Waals surface area contributed by atoms with E-state index in [2.05, 4.69) is 33.9 Å². The van der Waals surface area contributed by atoms with Crippen molar-refractivity contribution in [3.63, 3.8) is 0 Å². The zero-order valence-electron chi connectivity index (χ0n) is 13.3. The fourth-order valence-electron chi connectivity index (χ4n) is 3.33. The maximum absolute atomic E-state index is 6.00. The fraction of sp³-hybridized carbons (Fsp3) is 0.933. The molecule has 0 atom stereocenters. The Kier molecular flexibility index (Phi) is 9.36. The van der Waals surface area contributed by atoms with Crippen LogP contribution in [0.1, 0.15) is 45.4 Å². The monoisotopic (exact) mass is 426 g/mol. The van der Waals surface area contributed by atoms with Crippen molar-refractivity contribution in [3.8, 4) is 0 Å². The molecule has 2 aliphatic rings. The summed E-state index contributed by atoms with van der Waals surface area (Å²) in [4.78, 5) is 7.35. The second kappa shape index (κ2) is 10.2. The molecule has 124 valence electrons. The van der Waals surface area contributed by atoms with E-state index in [1.54, 1.807) is 0 Å². The Bertz CT molecular complexity index is 313. The molecule has 4 nitrogen and oxygen atoms in total. The van der Waals surface area contributed by atoms with Gasteiger partial charge in [-0.15, -0.1) is 24.0 Å². The number of hydrogen-bond acceptors (Lipinski definition) is 3. The van der Waals surface area contributed by atoms with Gasteiger partial charge in [-0.05, 0) is 19.3 Å². The molecular weight excluding hydrogens is 395 g/mol. The first-order valence-electron chi connectivity index (χ1n) is 8.13. The molecule has 0 aromatic heterocycles. The van der Waals surface area contributed by atoms with Gasteiger partial charge in [-0.2, -0.15) is 11.8 Å². The maximum Gasteiger partial charge on any atom is 0.188 e. The zero-order chi connectivity index (χ0) is 14.3. The molecule has 0 spiro atoms. The molecular formula is C15H31IN4S. The number of hydrogen-bond donors (Lipinski definition) is 2. The molecule has 21 heavy (non-hydrogen) atoms. The van der Waals surface area contributed by atoms with Crippen molar-refractivity contribution in [3.05, 3.63) is 0 Å². The highest BCUT2D eigenvalue weighted by Crippen LogP contribution is 2.36. The summed E-state index contributed by atoms with van der Waals surface area (Å²) in [5.41, 5.74) is 6.30. The maximum atomic E-state index is 6.00. The minimum Gasteiger partial charge on any atom is -0.370 e. The molecule has 2 fully saturated rings. The van der Waals surface area contributed by atoms with Gasteiger partial charge >= 0.3 is 0 Å². The van der Waals surface area contributed by atoms with Gasteiger partial charge in [0, 0.05) is 36.7 Å². The van der Waals surface area contributed by atoms with Crippen LogP contribution in [0, 0.1) is 0 Å². The second-order valence-electron chi connectivity index (χ2n) is 6.01. The van der Waals surface area contributed by atoms with Gasteiger partial charge in [0.25, 0.3) is 0 Å². The van der Waals surface area contributed by atoms with E-state index in [0.717, 1.165) is 19.5 Å². The van der Waals surface area contributed by atoms with Gasteiger partial charge in [-0.25, -0.2) is 0 Å². The lowest BCUT2D eigenvalue weighted by molar-refractivity contribution is 0.112.